The molecule has 2 aliphatic carbocycles. The number of aliphatic hydroxyl groups is 1. The zero-order valence-electron chi connectivity index (χ0n) is 12.3. The molecule has 3 unspecified atom stereocenters. The molecule has 0 aliphatic heterocycles. The van der Waals surface area contributed by atoms with Crippen LogP contribution in [0.1, 0.15) is 58.3 Å². The summed E-state index contributed by atoms with van der Waals surface area (Å²) in [4.78, 5) is 14.3. The van der Waals surface area contributed by atoms with Crippen LogP contribution in [0.3, 0.4) is 0 Å². The van der Waals surface area contributed by atoms with E-state index in [-0.39, 0.29) is 24.1 Å². The van der Waals surface area contributed by atoms with Gasteiger partial charge in [-0.3, -0.25) is 9.69 Å². The minimum Gasteiger partial charge on any atom is -0.391 e. The molecule has 2 saturated carbocycles. The van der Waals surface area contributed by atoms with Gasteiger partial charge in [0.05, 0.1) is 12.1 Å². The number of amides is 1. The van der Waals surface area contributed by atoms with E-state index in [0.717, 1.165) is 38.5 Å². The van der Waals surface area contributed by atoms with E-state index in [0.29, 0.717) is 6.04 Å². The second-order valence-electron chi connectivity index (χ2n) is 6.25. The van der Waals surface area contributed by atoms with E-state index in [9.17, 15) is 9.90 Å². The average Bonchev–Trinajstić information content (AvgIpc) is 2.90. The van der Waals surface area contributed by atoms with Crippen LogP contribution < -0.4 is 5.32 Å². The van der Waals surface area contributed by atoms with Crippen LogP contribution in [0.4, 0.5) is 0 Å². The van der Waals surface area contributed by atoms with Crippen LogP contribution >= 0.6 is 0 Å². The minimum absolute atomic E-state index is 0.118. The predicted molar refractivity (Wildman–Crippen MR) is 75.9 cm³/mol. The van der Waals surface area contributed by atoms with Crippen LogP contribution in [-0.4, -0.2) is 47.2 Å². The minimum atomic E-state index is -0.277. The number of nitrogens with one attached hydrogen (secondary N) is 1. The summed E-state index contributed by atoms with van der Waals surface area (Å²) in [6.07, 6.45) is 8.55. The molecule has 2 aliphatic rings. The molecule has 0 aromatic carbocycles. The normalized spacial score (nSPS) is 30.5. The van der Waals surface area contributed by atoms with E-state index in [2.05, 4.69) is 10.2 Å². The molecule has 0 aromatic rings. The van der Waals surface area contributed by atoms with E-state index in [1.165, 1.54) is 12.8 Å². The number of carbonyl (C=O) groups excluding carboxylic acids is 1. The monoisotopic (exact) mass is 268 g/mol. The van der Waals surface area contributed by atoms with Crippen molar-refractivity contribution in [2.45, 2.75) is 82.5 Å². The topological polar surface area (TPSA) is 52.6 Å². The van der Waals surface area contributed by atoms with Gasteiger partial charge in [0.25, 0.3) is 0 Å². The van der Waals surface area contributed by atoms with Crippen molar-refractivity contribution in [2.24, 2.45) is 0 Å². The Hall–Kier alpha value is -0.610. The Kier molecular flexibility index (Phi) is 5.22. The van der Waals surface area contributed by atoms with E-state index in [1.807, 2.05) is 14.0 Å². The number of carbonyl (C=O) groups is 1. The average molecular weight is 268 g/mol. The fourth-order valence-electron chi connectivity index (χ4n) is 3.43. The van der Waals surface area contributed by atoms with Gasteiger partial charge in [-0.15, -0.1) is 0 Å². The Morgan fingerprint density at radius 1 is 1.16 bits per heavy atom. The first kappa shape index (κ1) is 14.8. The van der Waals surface area contributed by atoms with E-state index < -0.39 is 0 Å². The van der Waals surface area contributed by atoms with Crippen LogP contribution in [0.5, 0.6) is 0 Å². The van der Waals surface area contributed by atoms with Gasteiger partial charge in [-0.05, 0) is 39.7 Å². The molecule has 0 radical (unpaired) electrons. The van der Waals surface area contributed by atoms with Gasteiger partial charge in [-0.2, -0.15) is 0 Å². The summed E-state index contributed by atoms with van der Waals surface area (Å²) in [5.74, 6) is 0.118. The first-order chi connectivity index (χ1) is 9.09. The number of likely N-dealkylation sites (N-methyl/N-ethyl adjacent to an activating group) is 1. The van der Waals surface area contributed by atoms with Crippen LogP contribution in [0.25, 0.3) is 0 Å². The molecular formula is C15H28N2O2. The number of hydrogen-bond donors (Lipinski definition) is 2. The highest BCUT2D eigenvalue weighted by atomic mass is 16.3. The SMILES string of the molecule is CC(C(=O)NC1CCCC1)N(C)C1CCCCC1O. The Bertz CT molecular complexity index is 303. The van der Waals surface area contributed by atoms with Crippen molar-refractivity contribution in [1.82, 2.24) is 10.2 Å². The van der Waals surface area contributed by atoms with Crippen LogP contribution in [0, 0.1) is 0 Å². The first-order valence-corrected chi connectivity index (χ1v) is 7.80. The van der Waals surface area contributed by atoms with Gasteiger partial charge in [0.2, 0.25) is 5.91 Å². The third kappa shape index (κ3) is 3.69. The fraction of sp³-hybridized carbons (Fsp3) is 0.933. The van der Waals surface area contributed by atoms with E-state index in [1.54, 1.807) is 0 Å². The maximum absolute atomic E-state index is 12.3. The van der Waals surface area contributed by atoms with Crippen LogP contribution in [-0.2, 0) is 4.79 Å². The highest BCUT2D eigenvalue weighted by molar-refractivity contribution is 5.81. The standard InChI is InChI=1S/C15H28N2O2/c1-11(15(19)16-12-7-3-4-8-12)17(2)13-9-5-6-10-14(13)18/h11-14,18H,3-10H2,1-2H3,(H,16,19). The maximum atomic E-state index is 12.3. The number of hydrogen-bond acceptors (Lipinski definition) is 3. The first-order valence-electron chi connectivity index (χ1n) is 7.80. The molecule has 0 saturated heterocycles. The van der Waals surface area contributed by atoms with Gasteiger partial charge in [-0.1, -0.05) is 25.7 Å². The molecule has 1 amide bonds. The Morgan fingerprint density at radius 2 is 1.74 bits per heavy atom. The lowest BCUT2D eigenvalue weighted by Gasteiger charge is -2.38. The molecule has 2 fully saturated rings. The van der Waals surface area contributed by atoms with Gasteiger partial charge in [-0.25, -0.2) is 0 Å². The van der Waals surface area contributed by atoms with Crippen molar-refractivity contribution >= 4 is 5.91 Å². The lowest BCUT2D eigenvalue weighted by atomic mass is 9.91. The fourth-order valence-corrected chi connectivity index (χ4v) is 3.43. The number of nitrogens with zero attached hydrogens (tertiary/aromatic N) is 1. The Labute approximate surface area is 116 Å². The smallest absolute Gasteiger partial charge is 0.237 e. The number of rotatable bonds is 4. The highest BCUT2D eigenvalue weighted by Gasteiger charge is 2.32. The molecular weight excluding hydrogens is 240 g/mol. The van der Waals surface area contributed by atoms with Gasteiger partial charge in [0.1, 0.15) is 0 Å². The summed E-state index contributed by atoms with van der Waals surface area (Å²) in [6, 6.07) is 0.357. The lowest BCUT2D eigenvalue weighted by Crippen LogP contribution is -2.53. The summed E-state index contributed by atoms with van der Waals surface area (Å²) >= 11 is 0. The summed E-state index contributed by atoms with van der Waals surface area (Å²) < 4.78 is 0. The molecule has 4 heteroatoms. The molecule has 3 atom stereocenters. The Balaban J connectivity index is 1.86. The van der Waals surface area contributed by atoms with Crippen molar-refractivity contribution in [3.63, 3.8) is 0 Å². The molecule has 110 valence electrons. The van der Waals surface area contributed by atoms with Gasteiger partial charge in [0.15, 0.2) is 0 Å². The van der Waals surface area contributed by atoms with Crippen LogP contribution in [0.15, 0.2) is 0 Å². The van der Waals surface area contributed by atoms with Crippen molar-refractivity contribution in [2.75, 3.05) is 7.05 Å². The second kappa shape index (κ2) is 6.71. The van der Waals surface area contributed by atoms with Crippen molar-refractivity contribution < 1.29 is 9.90 Å². The molecule has 0 aromatic heterocycles. The van der Waals surface area contributed by atoms with Gasteiger partial charge < -0.3 is 10.4 Å². The molecule has 0 spiro atoms. The molecule has 2 rings (SSSR count). The van der Waals surface area contributed by atoms with Gasteiger partial charge in [0, 0.05) is 12.1 Å². The van der Waals surface area contributed by atoms with Crippen molar-refractivity contribution in [3.05, 3.63) is 0 Å². The molecule has 0 bridgehead atoms. The second-order valence-corrected chi connectivity index (χ2v) is 6.25. The predicted octanol–water partition coefficient (Wildman–Crippen LogP) is 1.67. The Morgan fingerprint density at radius 3 is 2.37 bits per heavy atom. The molecule has 4 nitrogen and oxygen atoms in total. The summed E-state index contributed by atoms with van der Waals surface area (Å²) in [6.45, 7) is 1.95. The summed E-state index contributed by atoms with van der Waals surface area (Å²) in [5.41, 5.74) is 0. The van der Waals surface area contributed by atoms with Crippen molar-refractivity contribution in [1.29, 1.82) is 0 Å². The quantitative estimate of drug-likeness (QED) is 0.815. The summed E-state index contributed by atoms with van der Waals surface area (Å²) in [7, 11) is 1.97. The largest absolute Gasteiger partial charge is 0.391 e. The molecule has 0 heterocycles. The molecule has 19 heavy (non-hydrogen) atoms. The van der Waals surface area contributed by atoms with Crippen LogP contribution in [0.2, 0.25) is 0 Å². The highest BCUT2D eigenvalue weighted by Crippen LogP contribution is 2.24. The summed E-state index contributed by atoms with van der Waals surface area (Å²) in [5, 5.41) is 13.2. The lowest BCUT2D eigenvalue weighted by molar-refractivity contribution is -0.128. The van der Waals surface area contributed by atoms with E-state index in [4.69, 9.17) is 0 Å². The maximum Gasteiger partial charge on any atom is 0.237 e. The van der Waals surface area contributed by atoms with Gasteiger partial charge >= 0.3 is 0 Å². The van der Waals surface area contributed by atoms with E-state index >= 15 is 0 Å². The zero-order chi connectivity index (χ0) is 13.8. The molecule has 2 N–H and O–H groups in total. The third-order valence-electron chi connectivity index (χ3n) is 4.91. The number of aliphatic hydroxyl groups excluding tert-OH is 1. The zero-order valence-corrected chi connectivity index (χ0v) is 12.3. The third-order valence-corrected chi connectivity index (χ3v) is 4.91. The van der Waals surface area contributed by atoms with Crippen molar-refractivity contribution in [3.8, 4) is 0 Å².